The second-order valence-electron chi connectivity index (χ2n) is 4.48. The summed E-state index contributed by atoms with van der Waals surface area (Å²) in [5.41, 5.74) is 1.07. The van der Waals surface area contributed by atoms with Gasteiger partial charge in [-0.1, -0.05) is 12.1 Å². The summed E-state index contributed by atoms with van der Waals surface area (Å²) in [5.74, 6) is 0.683. The summed E-state index contributed by atoms with van der Waals surface area (Å²) in [6.45, 7) is 0. The number of nitrogens with one attached hydrogen (secondary N) is 1. The fourth-order valence-corrected chi connectivity index (χ4v) is 2.63. The number of hydrogen-bond donors (Lipinski definition) is 1. The number of aryl methyl sites for hydroxylation is 1. The maximum atomic E-state index is 13.3. The van der Waals surface area contributed by atoms with Crippen LogP contribution in [0.3, 0.4) is 0 Å². The zero-order valence-electron chi connectivity index (χ0n) is 9.47. The van der Waals surface area contributed by atoms with Crippen molar-refractivity contribution in [2.24, 2.45) is 5.92 Å². The molecule has 16 heavy (non-hydrogen) atoms. The molecule has 1 N–H and O–H groups in total. The van der Waals surface area contributed by atoms with Crippen LogP contribution in [0.15, 0.2) is 22.7 Å². The second-order valence-corrected chi connectivity index (χ2v) is 5.28. The molecule has 1 atom stereocenters. The Morgan fingerprint density at radius 1 is 1.50 bits per heavy atom. The Labute approximate surface area is 105 Å². The summed E-state index contributed by atoms with van der Waals surface area (Å²) in [4.78, 5) is 0. The summed E-state index contributed by atoms with van der Waals surface area (Å²) in [6.07, 6.45) is 4.70. The van der Waals surface area contributed by atoms with Crippen LogP contribution in [0, 0.1) is 11.7 Å². The SMILES string of the molecule is CNC(CCc1cccc(F)c1Br)C1CC1. The van der Waals surface area contributed by atoms with Crippen LogP contribution in [0.1, 0.15) is 24.8 Å². The van der Waals surface area contributed by atoms with Crippen molar-refractivity contribution in [3.8, 4) is 0 Å². The van der Waals surface area contributed by atoms with Crippen molar-refractivity contribution < 1.29 is 4.39 Å². The molecule has 2 rings (SSSR count). The Kier molecular flexibility index (Phi) is 3.98. The smallest absolute Gasteiger partial charge is 0.137 e. The molecule has 0 radical (unpaired) electrons. The van der Waals surface area contributed by atoms with Crippen LogP contribution in [0.25, 0.3) is 0 Å². The third kappa shape index (κ3) is 2.83. The van der Waals surface area contributed by atoms with Gasteiger partial charge in [0, 0.05) is 6.04 Å². The Bertz CT molecular complexity index is 363. The average Bonchev–Trinajstić information content (AvgIpc) is 3.09. The van der Waals surface area contributed by atoms with Crippen LogP contribution >= 0.6 is 15.9 Å². The molecule has 1 aromatic rings. The fourth-order valence-electron chi connectivity index (χ4n) is 2.17. The van der Waals surface area contributed by atoms with Gasteiger partial charge in [0.1, 0.15) is 5.82 Å². The van der Waals surface area contributed by atoms with E-state index in [1.54, 1.807) is 6.07 Å². The van der Waals surface area contributed by atoms with Gasteiger partial charge < -0.3 is 5.32 Å². The lowest BCUT2D eigenvalue weighted by Crippen LogP contribution is -2.27. The summed E-state index contributed by atoms with van der Waals surface area (Å²) < 4.78 is 13.9. The molecule has 1 saturated carbocycles. The summed E-state index contributed by atoms with van der Waals surface area (Å²) in [7, 11) is 2.02. The molecule has 0 bridgehead atoms. The summed E-state index contributed by atoms with van der Waals surface area (Å²) >= 11 is 3.31. The van der Waals surface area contributed by atoms with Crippen molar-refractivity contribution in [3.63, 3.8) is 0 Å². The highest BCUT2D eigenvalue weighted by Crippen LogP contribution is 2.34. The molecule has 0 aromatic heterocycles. The molecule has 1 aromatic carbocycles. The van der Waals surface area contributed by atoms with Gasteiger partial charge in [0.15, 0.2) is 0 Å². The first-order chi connectivity index (χ1) is 7.72. The molecule has 0 heterocycles. The number of benzene rings is 1. The van der Waals surface area contributed by atoms with Crippen LogP contribution in [-0.2, 0) is 6.42 Å². The van der Waals surface area contributed by atoms with Gasteiger partial charge in [-0.3, -0.25) is 0 Å². The Balaban J connectivity index is 1.95. The van der Waals surface area contributed by atoms with E-state index in [9.17, 15) is 4.39 Å². The molecule has 0 saturated heterocycles. The highest BCUT2D eigenvalue weighted by Gasteiger charge is 2.29. The van der Waals surface area contributed by atoms with Gasteiger partial charge in [0.25, 0.3) is 0 Å². The normalized spacial score (nSPS) is 17.4. The minimum absolute atomic E-state index is 0.162. The van der Waals surface area contributed by atoms with Crippen LogP contribution in [0.2, 0.25) is 0 Å². The molecule has 1 unspecified atom stereocenters. The lowest BCUT2D eigenvalue weighted by atomic mass is 10.0. The fraction of sp³-hybridized carbons (Fsp3) is 0.538. The maximum absolute atomic E-state index is 13.3. The van der Waals surface area contributed by atoms with E-state index >= 15 is 0 Å². The molecular weight excluding hydrogens is 269 g/mol. The molecule has 0 amide bonds. The van der Waals surface area contributed by atoms with E-state index in [4.69, 9.17) is 0 Å². The first-order valence-electron chi connectivity index (χ1n) is 5.82. The molecule has 1 aliphatic carbocycles. The van der Waals surface area contributed by atoms with E-state index in [1.807, 2.05) is 13.1 Å². The zero-order valence-corrected chi connectivity index (χ0v) is 11.1. The molecule has 88 valence electrons. The van der Waals surface area contributed by atoms with Crippen LogP contribution in [-0.4, -0.2) is 13.1 Å². The van der Waals surface area contributed by atoms with Gasteiger partial charge >= 0.3 is 0 Å². The predicted octanol–water partition coefficient (Wildman–Crippen LogP) is 3.52. The zero-order chi connectivity index (χ0) is 11.5. The van der Waals surface area contributed by atoms with Gasteiger partial charge in [-0.15, -0.1) is 0 Å². The Morgan fingerprint density at radius 3 is 2.88 bits per heavy atom. The Hall–Kier alpha value is -0.410. The van der Waals surface area contributed by atoms with Gasteiger partial charge in [0.2, 0.25) is 0 Å². The van der Waals surface area contributed by atoms with Gasteiger partial charge in [-0.25, -0.2) is 4.39 Å². The minimum Gasteiger partial charge on any atom is -0.317 e. The van der Waals surface area contributed by atoms with Crippen molar-refractivity contribution in [2.75, 3.05) is 7.05 Å². The first-order valence-corrected chi connectivity index (χ1v) is 6.62. The number of halogens is 2. The van der Waals surface area contributed by atoms with Crippen LogP contribution < -0.4 is 5.32 Å². The minimum atomic E-state index is -0.162. The molecule has 1 nitrogen and oxygen atoms in total. The number of rotatable bonds is 5. The maximum Gasteiger partial charge on any atom is 0.137 e. The second kappa shape index (κ2) is 5.28. The van der Waals surface area contributed by atoms with E-state index in [0.29, 0.717) is 10.5 Å². The summed E-state index contributed by atoms with van der Waals surface area (Å²) in [5, 5.41) is 3.36. The van der Waals surface area contributed by atoms with Gasteiger partial charge in [-0.2, -0.15) is 0 Å². The van der Waals surface area contributed by atoms with Crippen molar-refractivity contribution in [2.45, 2.75) is 31.7 Å². The van der Waals surface area contributed by atoms with Gasteiger partial charge in [-0.05, 0) is 66.2 Å². The molecule has 0 aliphatic heterocycles. The topological polar surface area (TPSA) is 12.0 Å². The number of hydrogen-bond acceptors (Lipinski definition) is 1. The quantitative estimate of drug-likeness (QED) is 0.873. The van der Waals surface area contributed by atoms with Crippen molar-refractivity contribution in [1.29, 1.82) is 0 Å². The van der Waals surface area contributed by atoms with Crippen molar-refractivity contribution >= 4 is 15.9 Å². The highest BCUT2D eigenvalue weighted by molar-refractivity contribution is 9.10. The van der Waals surface area contributed by atoms with Crippen LogP contribution in [0.5, 0.6) is 0 Å². The molecule has 1 aliphatic rings. The van der Waals surface area contributed by atoms with E-state index < -0.39 is 0 Å². The Morgan fingerprint density at radius 2 is 2.25 bits per heavy atom. The van der Waals surface area contributed by atoms with E-state index in [-0.39, 0.29) is 5.82 Å². The first kappa shape index (κ1) is 12.1. The molecule has 1 fully saturated rings. The van der Waals surface area contributed by atoms with Crippen LogP contribution in [0.4, 0.5) is 4.39 Å². The standard InChI is InChI=1S/C13H17BrFN/c1-16-12(9-5-6-9)8-7-10-3-2-4-11(15)13(10)14/h2-4,9,12,16H,5-8H2,1H3. The third-order valence-electron chi connectivity index (χ3n) is 3.32. The van der Waals surface area contributed by atoms with E-state index in [1.165, 1.54) is 18.9 Å². The monoisotopic (exact) mass is 285 g/mol. The predicted molar refractivity (Wildman–Crippen MR) is 68.0 cm³/mol. The van der Waals surface area contributed by atoms with Crippen molar-refractivity contribution in [1.82, 2.24) is 5.32 Å². The van der Waals surface area contributed by atoms with Gasteiger partial charge in [0.05, 0.1) is 4.47 Å². The molecule has 0 spiro atoms. The largest absolute Gasteiger partial charge is 0.317 e. The van der Waals surface area contributed by atoms with E-state index in [0.717, 1.165) is 24.3 Å². The summed E-state index contributed by atoms with van der Waals surface area (Å²) in [6, 6.07) is 5.85. The molecule has 3 heteroatoms. The third-order valence-corrected chi connectivity index (χ3v) is 4.21. The lowest BCUT2D eigenvalue weighted by molar-refractivity contribution is 0.469. The van der Waals surface area contributed by atoms with Crippen molar-refractivity contribution in [3.05, 3.63) is 34.1 Å². The average molecular weight is 286 g/mol. The van der Waals surface area contributed by atoms with E-state index in [2.05, 4.69) is 21.2 Å². The molecular formula is C13H17BrFN. The lowest BCUT2D eigenvalue weighted by Gasteiger charge is -2.15. The highest BCUT2D eigenvalue weighted by atomic mass is 79.9.